The van der Waals surface area contributed by atoms with Crippen LogP contribution in [0.3, 0.4) is 0 Å². The summed E-state index contributed by atoms with van der Waals surface area (Å²) < 4.78 is 11.0. The minimum Gasteiger partial charge on any atom is -0.507 e. The number of phenols is 1. The third-order valence-electron chi connectivity index (χ3n) is 5.33. The second-order valence-electron chi connectivity index (χ2n) is 7.61. The first kappa shape index (κ1) is 28.6. The van der Waals surface area contributed by atoms with Crippen LogP contribution in [0.1, 0.15) is 29.8 Å². The average Bonchev–Trinajstić information content (AvgIpc) is 2.90. The van der Waals surface area contributed by atoms with Crippen molar-refractivity contribution < 1.29 is 24.2 Å². The van der Waals surface area contributed by atoms with Gasteiger partial charge < -0.3 is 19.5 Å². The highest BCUT2D eigenvalue weighted by molar-refractivity contribution is 6.33. The van der Waals surface area contributed by atoms with Crippen LogP contribution in [0, 0.1) is 0 Å². The van der Waals surface area contributed by atoms with Gasteiger partial charge in [0.15, 0.2) is 12.1 Å². The normalized spacial score (nSPS) is 12.1. The topological polar surface area (TPSA) is 76.1 Å². The number of hydrogen-bond donors (Lipinski definition) is 1. The number of likely N-dealkylation sites (N-methyl/N-ethyl adjacent to an activating group) is 1. The number of allylic oxidation sites excluding steroid dienone is 6. The highest BCUT2D eigenvalue weighted by Crippen LogP contribution is 2.31. The molecule has 0 fully saturated rings. The Balaban J connectivity index is 2.28. The fourth-order valence-corrected chi connectivity index (χ4v) is 3.48. The van der Waals surface area contributed by atoms with Crippen molar-refractivity contribution in [2.45, 2.75) is 13.8 Å². The van der Waals surface area contributed by atoms with Crippen molar-refractivity contribution in [1.82, 2.24) is 4.90 Å². The number of benzene rings is 2. The van der Waals surface area contributed by atoms with Gasteiger partial charge in [0.2, 0.25) is 0 Å². The van der Waals surface area contributed by atoms with E-state index >= 15 is 0 Å². The summed E-state index contributed by atoms with van der Waals surface area (Å²) in [5, 5.41) is 10.8. The first-order valence-corrected chi connectivity index (χ1v) is 12.1. The van der Waals surface area contributed by atoms with Crippen LogP contribution in [0.4, 0.5) is 0 Å². The maximum atomic E-state index is 13.4. The van der Waals surface area contributed by atoms with Crippen molar-refractivity contribution in [2.75, 3.05) is 32.8 Å². The average molecular weight is 510 g/mol. The number of ether oxygens (including phenoxy) is 2. The van der Waals surface area contributed by atoms with E-state index in [1.165, 1.54) is 18.2 Å². The highest BCUT2D eigenvalue weighted by atomic mass is 35.5. The van der Waals surface area contributed by atoms with Gasteiger partial charge in [0.05, 0.1) is 0 Å². The Morgan fingerprint density at radius 3 is 2.42 bits per heavy atom. The lowest BCUT2D eigenvalue weighted by molar-refractivity contribution is -0.110. The molecule has 0 aromatic heterocycles. The van der Waals surface area contributed by atoms with E-state index in [1.54, 1.807) is 54.6 Å². The van der Waals surface area contributed by atoms with Crippen LogP contribution in [0.15, 0.2) is 85.2 Å². The van der Waals surface area contributed by atoms with E-state index in [4.69, 9.17) is 21.1 Å². The molecule has 0 heterocycles. The summed E-state index contributed by atoms with van der Waals surface area (Å²) in [7, 11) is 0. The molecule has 0 amide bonds. The van der Waals surface area contributed by atoms with Crippen molar-refractivity contribution in [1.29, 1.82) is 0 Å². The summed E-state index contributed by atoms with van der Waals surface area (Å²) in [6.07, 6.45) is 8.57. The third kappa shape index (κ3) is 8.87. The van der Waals surface area contributed by atoms with Crippen LogP contribution in [0.25, 0.3) is 5.57 Å². The molecule has 0 aliphatic carbocycles. The predicted molar refractivity (Wildman–Crippen MR) is 145 cm³/mol. The lowest BCUT2D eigenvalue weighted by Crippen LogP contribution is -2.27. The summed E-state index contributed by atoms with van der Waals surface area (Å²) in [5.41, 5.74) is 0.993. The van der Waals surface area contributed by atoms with Crippen LogP contribution in [-0.4, -0.2) is 54.9 Å². The molecule has 1 N–H and O–H groups in total. The Labute approximate surface area is 217 Å². The number of carbonyl (C=O) groups is 2. The molecule has 2 rings (SSSR count). The fraction of sp³-hybridized carbons (Fsp3) is 0.241. The molecule has 0 aliphatic rings. The van der Waals surface area contributed by atoms with Gasteiger partial charge in [-0.15, -0.1) is 0 Å². The molecule has 2 aromatic carbocycles. The number of hydrogen-bond acceptors (Lipinski definition) is 6. The first-order chi connectivity index (χ1) is 17.4. The molecule has 7 heteroatoms. The molecule has 0 radical (unpaired) electrons. The van der Waals surface area contributed by atoms with Gasteiger partial charge in [0.25, 0.3) is 0 Å². The van der Waals surface area contributed by atoms with Gasteiger partial charge in [-0.2, -0.15) is 0 Å². The van der Waals surface area contributed by atoms with E-state index in [0.29, 0.717) is 40.6 Å². The molecule has 0 aliphatic heterocycles. The highest BCUT2D eigenvalue weighted by Gasteiger charge is 2.17. The number of halogens is 1. The van der Waals surface area contributed by atoms with Gasteiger partial charge in [-0.1, -0.05) is 50.3 Å². The van der Waals surface area contributed by atoms with Crippen molar-refractivity contribution in [3.8, 4) is 11.5 Å². The maximum Gasteiger partial charge on any atom is 0.193 e. The number of ketones is 1. The predicted octanol–water partition coefficient (Wildman–Crippen LogP) is 5.87. The smallest absolute Gasteiger partial charge is 0.193 e. The van der Waals surface area contributed by atoms with Crippen molar-refractivity contribution >= 4 is 29.2 Å². The number of aromatic hydroxyl groups is 1. The molecule has 190 valence electrons. The lowest BCUT2D eigenvalue weighted by Gasteiger charge is -2.18. The third-order valence-corrected chi connectivity index (χ3v) is 5.57. The van der Waals surface area contributed by atoms with E-state index in [9.17, 15) is 14.7 Å². The van der Waals surface area contributed by atoms with E-state index in [1.807, 2.05) is 0 Å². The zero-order valence-electron chi connectivity index (χ0n) is 20.7. The molecule has 2 aromatic rings. The lowest BCUT2D eigenvalue weighted by atomic mass is 9.95. The standard InChI is InChI=1S/C29H32ClNO5/c1-4-24(36-20-18-32)9-7-8-10-26(27-21-23(30)13-16-28(27)33)29(34)22-11-14-25(15-12-22)35-19-17-31(5-2)6-3/h4,7-16,18,21,33H,1,5-6,17,19-20H2,2-3H3/b8-7+,24-9+,26-10-. The first-order valence-electron chi connectivity index (χ1n) is 11.7. The molecule has 0 saturated carbocycles. The van der Waals surface area contributed by atoms with Crippen LogP contribution in [-0.2, 0) is 9.53 Å². The Morgan fingerprint density at radius 2 is 1.78 bits per heavy atom. The molecular formula is C29H32ClNO5. The summed E-state index contributed by atoms with van der Waals surface area (Å²) in [6.45, 7) is 11.1. The Bertz CT molecular complexity index is 1110. The number of aldehydes is 1. The number of rotatable bonds is 15. The minimum absolute atomic E-state index is 0.0691. The number of phenolic OH excluding ortho intramolecular Hbond substituents is 1. The number of nitrogens with zero attached hydrogens (tertiary/aromatic N) is 1. The van der Waals surface area contributed by atoms with Crippen LogP contribution in [0.5, 0.6) is 11.5 Å². The fourth-order valence-electron chi connectivity index (χ4n) is 3.31. The van der Waals surface area contributed by atoms with Gasteiger partial charge in [-0.3, -0.25) is 9.59 Å². The maximum absolute atomic E-state index is 13.4. The summed E-state index contributed by atoms with van der Waals surface area (Å²) >= 11 is 6.14. The summed E-state index contributed by atoms with van der Waals surface area (Å²) in [4.78, 5) is 26.2. The second-order valence-corrected chi connectivity index (χ2v) is 8.04. The largest absolute Gasteiger partial charge is 0.507 e. The van der Waals surface area contributed by atoms with E-state index in [-0.39, 0.29) is 23.7 Å². The van der Waals surface area contributed by atoms with Crippen LogP contribution < -0.4 is 4.74 Å². The zero-order valence-corrected chi connectivity index (χ0v) is 21.4. The second kappa shape index (κ2) is 15.4. The van der Waals surface area contributed by atoms with Crippen molar-refractivity contribution in [2.24, 2.45) is 0 Å². The van der Waals surface area contributed by atoms with Crippen molar-refractivity contribution in [3.05, 3.63) is 101 Å². The summed E-state index contributed by atoms with van der Waals surface area (Å²) in [5.74, 6) is 0.714. The van der Waals surface area contributed by atoms with E-state index in [2.05, 4.69) is 25.3 Å². The van der Waals surface area contributed by atoms with Gasteiger partial charge >= 0.3 is 0 Å². The quantitative estimate of drug-likeness (QED) is 0.106. The Hall–Kier alpha value is -3.61. The molecular weight excluding hydrogens is 478 g/mol. The SMILES string of the molecule is C=C\C(=C/C=C/C=C(\C(=O)c1ccc(OCCN(CC)CC)cc1)c1cc(Cl)ccc1O)OCC=O. The van der Waals surface area contributed by atoms with Crippen LogP contribution in [0.2, 0.25) is 5.02 Å². The van der Waals surface area contributed by atoms with Gasteiger partial charge in [-0.05, 0) is 67.7 Å². The molecule has 0 spiro atoms. The monoisotopic (exact) mass is 509 g/mol. The zero-order chi connectivity index (χ0) is 26.3. The van der Waals surface area contributed by atoms with Gasteiger partial charge in [0.1, 0.15) is 30.5 Å². The molecule has 6 nitrogen and oxygen atoms in total. The van der Waals surface area contributed by atoms with E-state index in [0.717, 1.165) is 19.6 Å². The van der Waals surface area contributed by atoms with E-state index < -0.39 is 0 Å². The Kier molecular flexibility index (Phi) is 12.2. The van der Waals surface area contributed by atoms with Gasteiger partial charge in [-0.25, -0.2) is 0 Å². The Morgan fingerprint density at radius 1 is 1.08 bits per heavy atom. The molecule has 0 atom stereocenters. The molecule has 0 saturated heterocycles. The van der Waals surface area contributed by atoms with Crippen LogP contribution >= 0.6 is 11.6 Å². The molecule has 0 unspecified atom stereocenters. The van der Waals surface area contributed by atoms with Gasteiger partial charge in [0, 0.05) is 28.3 Å². The molecule has 0 bridgehead atoms. The number of Topliss-reactive ketones (excluding diaryl/α,β-unsaturated/α-hetero) is 1. The minimum atomic E-state index is -0.294. The summed E-state index contributed by atoms with van der Waals surface area (Å²) in [6, 6.07) is 11.4. The number of carbonyl (C=O) groups excluding carboxylic acids is 2. The van der Waals surface area contributed by atoms with Crippen molar-refractivity contribution in [3.63, 3.8) is 0 Å². The molecule has 36 heavy (non-hydrogen) atoms.